The minimum atomic E-state index is 0.854. The summed E-state index contributed by atoms with van der Waals surface area (Å²) in [6, 6.07) is 26.6. The molecule has 0 unspecified atom stereocenters. The Morgan fingerprint density at radius 1 is 0.926 bits per heavy atom. The molecular formula is C22H17N3OS. The third-order valence-electron chi connectivity index (χ3n) is 4.54. The maximum atomic E-state index is 5.38. The van der Waals surface area contributed by atoms with Crippen molar-refractivity contribution in [2.24, 2.45) is 0 Å². The summed E-state index contributed by atoms with van der Waals surface area (Å²) in [4.78, 5) is 5.90. The molecule has 5 rings (SSSR count). The molecule has 0 fully saturated rings. The van der Waals surface area contributed by atoms with Crippen LogP contribution in [-0.2, 0) is 0 Å². The molecule has 5 heteroatoms. The van der Waals surface area contributed by atoms with Crippen LogP contribution in [0.1, 0.15) is 0 Å². The molecule has 0 aliphatic heterocycles. The van der Waals surface area contributed by atoms with Gasteiger partial charge in [-0.25, -0.2) is 4.98 Å². The first-order valence-corrected chi connectivity index (χ1v) is 9.51. The van der Waals surface area contributed by atoms with Crippen molar-refractivity contribution in [2.45, 2.75) is 0 Å². The SMILES string of the molecule is COc1ccc2c(c1)sc1nc(-c3ccccc3)c(Nc3ccccc3)n12. The number of fused-ring (bicyclic) bond motifs is 3. The predicted molar refractivity (Wildman–Crippen MR) is 112 cm³/mol. The molecule has 0 saturated carbocycles. The van der Waals surface area contributed by atoms with Crippen LogP contribution < -0.4 is 10.1 Å². The van der Waals surface area contributed by atoms with Crippen molar-refractivity contribution in [3.8, 4) is 17.0 Å². The van der Waals surface area contributed by atoms with E-state index in [0.717, 1.165) is 43.7 Å². The summed E-state index contributed by atoms with van der Waals surface area (Å²) in [5, 5.41) is 3.58. The van der Waals surface area contributed by atoms with Crippen molar-refractivity contribution in [3.05, 3.63) is 78.9 Å². The van der Waals surface area contributed by atoms with Crippen molar-refractivity contribution in [1.29, 1.82) is 0 Å². The molecule has 0 radical (unpaired) electrons. The molecule has 2 heterocycles. The van der Waals surface area contributed by atoms with Crippen molar-refractivity contribution in [2.75, 3.05) is 12.4 Å². The van der Waals surface area contributed by atoms with E-state index in [1.807, 2.05) is 42.5 Å². The van der Waals surface area contributed by atoms with E-state index in [9.17, 15) is 0 Å². The molecule has 0 spiro atoms. The standard InChI is InChI=1S/C22H17N3OS/c1-26-17-12-13-18-19(14-17)27-22-24-20(15-8-4-2-5-9-15)21(25(18)22)23-16-10-6-3-7-11-16/h2-14,23H,1H3. The topological polar surface area (TPSA) is 38.6 Å². The molecule has 0 amide bonds. The Labute approximate surface area is 160 Å². The molecule has 0 saturated heterocycles. The van der Waals surface area contributed by atoms with Gasteiger partial charge < -0.3 is 10.1 Å². The predicted octanol–water partition coefficient (Wildman–Crippen LogP) is 5.97. The second kappa shape index (κ2) is 6.45. The van der Waals surface area contributed by atoms with Crippen LogP contribution in [0.4, 0.5) is 11.5 Å². The van der Waals surface area contributed by atoms with E-state index in [0.29, 0.717) is 0 Å². The summed E-state index contributed by atoms with van der Waals surface area (Å²) in [6.07, 6.45) is 0. The molecule has 1 N–H and O–H groups in total. The van der Waals surface area contributed by atoms with E-state index in [-0.39, 0.29) is 0 Å². The lowest BCUT2D eigenvalue weighted by Gasteiger charge is -2.09. The molecule has 5 aromatic rings. The van der Waals surface area contributed by atoms with Crippen LogP contribution in [-0.4, -0.2) is 16.5 Å². The number of imidazole rings is 1. The lowest BCUT2D eigenvalue weighted by atomic mass is 10.1. The minimum absolute atomic E-state index is 0.854. The summed E-state index contributed by atoms with van der Waals surface area (Å²) < 4.78 is 8.71. The van der Waals surface area contributed by atoms with Gasteiger partial charge >= 0.3 is 0 Å². The minimum Gasteiger partial charge on any atom is -0.497 e. The lowest BCUT2D eigenvalue weighted by molar-refractivity contribution is 0.415. The molecule has 27 heavy (non-hydrogen) atoms. The average molecular weight is 371 g/mol. The fraction of sp³-hybridized carbons (Fsp3) is 0.0455. The van der Waals surface area contributed by atoms with Crippen LogP contribution in [0.3, 0.4) is 0 Å². The molecule has 3 aromatic carbocycles. The van der Waals surface area contributed by atoms with Gasteiger partial charge in [0.2, 0.25) is 0 Å². The Morgan fingerprint density at radius 2 is 1.67 bits per heavy atom. The maximum Gasteiger partial charge on any atom is 0.197 e. The number of aromatic nitrogens is 2. The van der Waals surface area contributed by atoms with Gasteiger partial charge in [-0.1, -0.05) is 59.9 Å². The average Bonchev–Trinajstić information content (AvgIpc) is 3.25. The fourth-order valence-electron chi connectivity index (χ4n) is 3.25. The number of hydrogen-bond donors (Lipinski definition) is 1. The molecule has 132 valence electrons. The highest BCUT2D eigenvalue weighted by Crippen LogP contribution is 2.38. The van der Waals surface area contributed by atoms with Crippen LogP contribution in [0.25, 0.3) is 26.4 Å². The van der Waals surface area contributed by atoms with E-state index in [1.165, 1.54) is 0 Å². The van der Waals surface area contributed by atoms with Gasteiger partial charge in [-0.15, -0.1) is 0 Å². The van der Waals surface area contributed by atoms with Crippen molar-refractivity contribution < 1.29 is 4.74 Å². The summed E-state index contributed by atoms with van der Waals surface area (Å²) in [5.74, 6) is 1.83. The third kappa shape index (κ3) is 2.73. The monoisotopic (exact) mass is 371 g/mol. The van der Waals surface area contributed by atoms with E-state index in [1.54, 1.807) is 18.4 Å². The molecule has 0 bridgehead atoms. The quantitative estimate of drug-likeness (QED) is 0.423. The zero-order chi connectivity index (χ0) is 18.2. The number of hydrogen-bond acceptors (Lipinski definition) is 4. The Balaban J connectivity index is 1.77. The number of benzene rings is 3. The highest BCUT2D eigenvalue weighted by atomic mass is 32.1. The Kier molecular flexibility index (Phi) is 3.80. The molecule has 4 nitrogen and oxygen atoms in total. The normalized spacial score (nSPS) is 11.1. The van der Waals surface area contributed by atoms with Crippen molar-refractivity contribution in [3.63, 3.8) is 0 Å². The second-order valence-electron chi connectivity index (χ2n) is 6.22. The fourth-order valence-corrected chi connectivity index (χ4v) is 4.30. The van der Waals surface area contributed by atoms with Gasteiger partial charge in [0.25, 0.3) is 0 Å². The van der Waals surface area contributed by atoms with Gasteiger partial charge in [0.15, 0.2) is 4.96 Å². The smallest absolute Gasteiger partial charge is 0.197 e. The first kappa shape index (κ1) is 15.9. The van der Waals surface area contributed by atoms with Crippen LogP contribution in [0.15, 0.2) is 78.9 Å². The van der Waals surface area contributed by atoms with Crippen molar-refractivity contribution >= 4 is 38.0 Å². The molecule has 0 aliphatic carbocycles. The molecule has 2 aromatic heterocycles. The summed E-state index contributed by atoms with van der Waals surface area (Å²) in [7, 11) is 1.69. The number of thiazole rings is 1. The zero-order valence-electron chi connectivity index (χ0n) is 14.7. The molecular weight excluding hydrogens is 354 g/mol. The van der Waals surface area contributed by atoms with E-state index >= 15 is 0 Å². The van der Waals surface area contributed by atoms with Crippen LogP contribution >= 0.6 is 11.3 Å². The first-order valence-electron chi connectivity index (χ1n) is 8.70. The van der Waals surface area contributed by atoms with E-state index in [4.69, 9.17) is 9.72 Å². The highest BCUT2D eigenvalue weighted by molar-refractivity contribution is 7.23. The van der Waals surface area contributed by atoms with Crippen LogP contribution in [0.5, 0.6) is 5.75 Å². The van der Waals surface area contributed by atoms with E-state index in [2.05, 4.69) is 46.1 Å². The lowest BCUT2D eigenvalue weighted by Crippen LogP contribution is -1.96. The zero-order valence-corrected chi connectivity index (χ0v) is 15.5. The van der Waals surface area contributed by atoms with Crippen LogP contribution in [0.2, 0.25) is 0 Å². The number of nitrogens with one attached hydrogen (secondary N) is 1. The third-order valence-corrected chi connectivity index (χ3v) is 5.54. The molecule has 0 atom stereocenters. The Bertz CT molecular complexity index is 1230. The number of anilines is 2. The summed E-state index contributed by atoms with van der Waals surface area (Å²) in [5.41, 5.74) is 4.19. The van der Waals surface area contributed by atoms with Gasteiger partial charge in [0.1, 0.15) is 17.3 Å². The van der Waals surface area contributed by atoms with Crippen LogP contribution in [0, 0.1) is 0 Å². The number of ether oxygens (including phenoxy) is 1. The Morgan fingerprint density at radius 3 is 2.41 bits per heavy atom. The highest BCUT2D eigenvalue weighted by Gasteiger charge is 2.18. The maximum absolute atomic E-state index is 5.38. The van der Waals surface area contributed by atoms with Gasteiger partial charge in [-0.05, 0) is 30.3 Å². The Hall–Kier alpha value is -3.31. The van der Waals surface area contributed by atoms with Gasteiger partial charge in [-0.3, -0.25) is 4.40 Å². The van der Waals surface area contributed by atoms with Gasteiger partial charge in [0, 0.05) is 11.3 Å². The molecule has 0 aliphatic rings. The number of para-hydroxylation sites is 1. The van der Waals surface area contributed by atoms with E-state index < -0.39 is 0 Å². The largest absolute Gasteiger partial charge is 0.497 e. The second-order valence-corrected chi connectivity index (χ2v) is 7.23. The van der Waals surface area contributed by atoms with Gasteiger partial charge in [-0.2, -0.15) is 0 Å². The van der Waals surface area contributed by atoms with Gasteiger partial charge in [0.05, 0.1) is 17.3 Å². The number of nitrogens with zero attached hydrogens (tertiary/aromatic N) is 2. The first-order chi connectivity index (χ1) is 13.3. The number of rotatable bonds is 4. The van der Waals surface area contributed by atoms with Crippen molar-refractivity contribution in [1.82, 2.24) is 9.38 Å². The summed E-state index contributed by atoms with van der Waals surface area (Å²) in [6.45, 7) is 0. The number of methoxy groups -OCH3 is 1. The summed E-state index contributed by atoms with van der Waals surface area (Å²) >= 11 is 1.66.